The van der Waals surface area contributed by atoms with E-state index in [-0.39, 0.29) is 12.5 Å². The van der Waals surface area contributed by atoms with Crippen LogP contribution in [0.15, 0.2) is 78.9 Å². The maximum Gasteiger partial charge on any atom is 0.243 e. The second-order valence-electron chi connectivity index (χ2n) is 6.37. The van der Waals surface area contributed by atoms with E-state index in [9.17, 15) is 4.79 Å². The molecule has 0 heterocycles. The van der Waals surface area contributed by atoms with Crippen LogP contribution in [0.2, 0.25) is 5.02 Å². The largest absolute Gasteiger partial charge is 0.494 e. The summed E-state index contributed by atoms with van der Waals surface area (Å²) >= 11 is 5.84. The fourth-order valence-electron chi connectivity index (χ4n) is 2.73. The molecule has 0 unspecified atom stereocenters. The van der Waals surface area contributed by atoms with Gasteiger partial charge in [-0.2, -0.15) is 0 Å². The molecule has 0 aliphatic rings. The topological polar surface area (TPSA) is 50.4 Å². The molecule has 3 rings (SSSR count). The molecule has 0 aromatic heterocycles. The van der Waals surface area contributed by atoms with Crippen molar-refractivity contribution in [3.05, 3.63) is 89.4 Å². The van der Waals surface area contributed by atoms with Crippen LogP contribution in [0.5, 0.6) is 5.75 Å². The molecule has 0 saturated carbocycles. The molecule has 0 fully saturated rings. The molecular formula is C23H23ClN2O2. The van der Waals surface area contributed by atoms with E-state index >= 15 is 0 Å². The van der Waals surface area contributed by atoms with Gasteiger partial charge < -0.3 is 15.4 Å². The van der Waals surface area contributed by atoms with Crippen LogP contribution in [0, 0.1) is 0 Å². The lowest BCUT2D eigenvalue weighted by Crippen LogP contribution is -2.21. The van der Waals surface area contributed by atoms with Gasteiger partial charge in [0, 0.05) is 22.5 Å². The SMILES string of the molecule is O=C(CNc1cccc(OCCCc2ccccc2)c1)Nc1ccc(Cl)cc1. The van der Waals surface area contributed by atoms with Gasteiger partial charge in [-0.1, -0.05) is 48.0 Å². The molecule has 5 heteroatoms. The number of benzene rings is 3. The number of amides is 1. The van der Waals surface area contributed by atoms with E-state index in [0.717, 1.165) is 24.3 Å². The zero-order valence-corrected chi connectivity index (χ0v) is 16.3. The minimum absolute atomic E-state index is 0.128. The normalized spacial score (nSPS) is 10.3. The fourth-order valence-corrected chi connectivity index (χ4v) is 2.85. The van der Waals surface area contributed by atoms with Crippen LogP contribution in [0.25, 0.3) is 0 Å². The molecule has 0 spiro atoms. The quantitative estimate of drug-likeness (QED) is 0.477. The number of hydrogen-bond acceptors (Lipinski definition) is 3. The maximum atomic E-state index is 12.1. The molecule has 1 amide bonds. The summed E-state index contributed by atoms with van der Waals surface area (Å²) in [6.07, 6.45) is 1.94. The summed E-state index contributed by atoms with van der Waals surface area (Å²) in [5.41, 5.74) is 2.87. The van der Waals surface area contributed by atoms with E-state index in [0.29, 0.717) is 17.3 Å². The fraction of sp³-hybridized carbons (Fsp3) is 0.174. The minimum atomic E-state index is -0.128. The number of carbonyl (C=O) groups is 1. The number of nitrogens with one attached hydrogen (secondary N) is 2. The molecule has 0 bridgehead atoms. The Morgan fingerprint density at radius 1 is 0.893 bits per heavy atom. The number of ether oxygens (including phenoxy) is 1. The number of aryl methyl sites for hydroxylation is 1. The molecule has 144 valence electrons. The molecule has 3 aromatic rings. The lowest BCUT2D eigenvalue weighted by atomic mass is 10.1. The molecule has 3 aromatic carbocycles. The minimum Gasteiger partial charge on any atom is -0.494 e. The van der Waals surface area contributed by atoms with Crippen molar-refractivity contribution >= 4 is 28.9 Å². The summed E-state index contributed by atoms with van der Waals surface area (Å²) in [6.45, 7) is 0.815. The highest BCUT2D eigenvalue weighted by Crippen LogP contribution is 2.18. The Morgan fingerprint density at radius 3 is 2.46 bits per heavy atom. The predicted octanol–water partition coefficient (Wildman–Crippen LogP) is 5.40. The first kappa shape index (κ1) is 19.8. The van der Waals surface area contributed by atoms with Crippen LogP contribution in [0.1, 0.15) is 12.0 Å². The van der Waals surface area contributed by atoms with Crippen LogP contribution in [-0.2, 0) is 11.2 Å². The van der Waals surface area contributed by atoms with Gasteiger partial charge in [-0.05, 0) is 54.8 Å². The Kier molecular flexibility index (Phi) is 7.33. The van der Waals surface area contributed by atoms with E-state index in [1.165, 1.54) is 5.56 Å². The highest BCUT2D eigenvalue weighted by molar-refractivity contribution is 6.30. The molecule has 0 aliphatic heterocycles. The Balaban J connectivity index is 1.41. The maximum absolute atomic E-state index is 12.1. The second kappa shape index (κ2) is 10.4. The summed E-state index contributed by atoms with van der Waals surface area (Å²) in [4.78, 5) is 12.1. The van der Waals surface area contributed by atoms with Crippen molar-refractivity contribution in [1.82, 2.24) is 0 Å². The first-order valence-corrected chi connectivity index (χ1v) is 9.63. The summed E-state index contributed by atoms with van der Waals surface area (Å²) in [7, 11) is 0. The summed E-state index contributed by atoms with van der Waals surface area (Å²) < 4.78 is 5.83. The summed E-state index contributed by atoms with van der Waals surface area (Å²) in [5.74, 6) is 0.660. The van der Waals surface area contributed by atoms with E-state index in [1.807, 2.05) is 30.3 Å². The Labute approximate surface area is 170 Å². The number of hydrogen-bond donors (Lipinski definition) is 2. The summed E-state index contributed by atoms with van der Waals surface area (Å²) in [5, 5.41) is 6.57. The average molecular weight is 395 g/mol. The third-order valence-electron chi connectivity index (χ3n) is 4.14. The van der Waals surface area contributed by atoms with E-state index in [1.54, 1.807) is 24.3 Å². The van der Waals surface area contributed by atoms with Crippen molar-refractivity contribution in [2.75, 3.05) is 23.8 Å². The molecule has 0 atom stereocenters. The third-order valence-corrected chi connectivity index (χ3v) is 4.39. The van der Waals surface area contributed by atoms with Crippen LogP contribution in [-0.4, -0.2) is 19.1 Å². The average Bonchev–Trinajstić information content (AvgIpc) is 2.73. The van der Waals surface area contributed by atoms with E-state index in [4.69, 9.17) is 16.3 Å². The van der Waals surface area contributed by atoms with Crippen molar-refractivity contribution in [2.45, 2.75) is 12.8 Å². The highest BCUT2D eigenvalue weighted by Gasteiger charge is 2.03. The number of carbonyl (C=O) groups excluding carboxylic acids is 1. The predicted molar refractivity (Wildman–Crippen MR) is 115 cm³/mol. The second-order valence-corrected chi connectivity index (χ2v) is 6.81. The van der Waals surface area contributed by atoms with Gasteiger partial charge in [-0.3, -0.25) is 4.79 Å². The smallest absolute Gasteiger partial charge is 0.243 e. The number of halogens is 1. The van der Waals surface area contributed by atoms with Gasteiger partial charge in [0.2, 0.25) is 5.91 Å². The van der Waals surface area contributed by atoms with Crippen molar-refractivity contribution < 1.29 is 9.53 Å². The zero-order valence-electron chi connectivity index (χ0n) is 15.5. The molecule has 0 radical (unpaired) electrons. The van der Waals surface area contributed by atoms with E-state index < -0.39 is 0 Å². The lowest BCUT2D eigenvalue weighted by molar-refractivity contribution is -0.114. The third kappa shape index (κ3) is 6.63. The van der Waals surface area contributed by atoms with Gasteiger partial charge in [-0.25, -0.2) is 0 Å². The molecular weight excluding hydrogens is 372 g/mol. The van der Waals surface area contributed by atoms with Crippen LogP contribution in [0.3, 0.4) is 0 Å². The van der Waals surface area contributed by atoms with Crippen molar-refractivity contribution in [2.24, 2.45) is 0 Å². The van der Waals surface area contributed by atoms with E-state index in [2.05, 4.69) is 34.9 Å². The first-order valence-electron chi connectivity index (χ1n) is 9.25. The molecule has 28 heavy (non-hydrogen) atoms. The van der Waals surface area contributed by atoms with Crippen molar-refractivity contribution in [3.63, 3.8) is 0 Å². The molecule has 4 nitrogen and oxygen atoms in total. The van der Waals surface area contributed by atoms with Crippen molar-refractivity contribution in [3.8, 4) is 5.75 Å². The van der Waals surface area contributed by atoms with Crippen molar-refractivity contribution in [1.29, 1.82) is 0 Å². The van der Waals surface area contributed by atoms with Crippen LogP contribution < -0.4 is 15.4 Å². The molecule has 0 aliphatic carbocycles. The monoisotopic (exact) mass is 394 g/mol. The Morgan fingerprint density at radius 2 is 1.68 bits per heavy atom. The zero-order chi connectivity index (χ0) is 19.6. The highest BCUT2D eigenvalue weighted by atomic mass is 35.5. The Hall–Kier alpha value is -2.98. The first-order chi connectivity index (χ1) is 13.7. The number of anilines is 2. The number of rotatable bonds is 9. The van der Waals surface area contributed by atoms with Gasteiger partial charge in [-0.15, -0.1) is 0 Å². The van der Waals surface area contributed by atoms with Gasteiger partial charge >= 0.3 is 0 Å². The molecule has 0 saturated heterocycles. The van der Waals surface area contributed by atoms with Crippen LogP contribution in [0.4, 0.5) is 11.4 Å². The Bertz CT molecular complexity index is 883. The lowest BCUT2D eigenvalue weighted by Gasteiger charge is -2.10. The van der Waals surface area contributed by atoms with Crippen LogP contribution >= 0.6 is 11.6 Å². The summed E-state index contributed by atoms with van der Waals surface area (Å²) in [6, 6.07) is 25.0. The standard InChI is InChI=1S/C23H23ClN2O2/c24-19-11-13-20(14-12-19)26-23(27)17-25-21-9-4-10-22(16-21)28-15-5-8-18-6-2-1-3-7-18/h1-4,6-7,9-14,16,25H,5,8,15,17H2,(H,26,27). The molecule has 2 N–H and O–H groups in total. The van der Waals surface area contributed by atoms with Gasteiger partial charge in [0.25, 0.3) is 0 Å². The van der Waals surface area contributed by atoms with Gasteiger partial charge in [0.15, 0.2) is 0 Å². The van der Waals surface area contributed by atoms with Gasteiger partial charge in [0.1, 0.15) is 5.75 Å². The van der Waals surface area contributed by atoms with Gasteiger partial charge in [0.05, 0.1) is 13.2 Å².